The van der Waals surface area contributed by atoms with E-state index in [1.165, 1.54) is 11.8 Å². The molecule has 3 nitrogen and oxygen atoms in total. The maximum Gasteiger partial charge on any atom is 0.126 e. The fourth-order valence-corrected chi connectivity index (χ4v) is 2.88. The van der Waals surface area contributed by atoms with E-state index in [9.17, 15) is 4.79 Å². The third kappa shape index (κ3) is 4.15. The lowest BCUT2D eigenvalue weighted by Gasteiger charge is -2.37. The van der Waals surface area contributed by atoms with Crippen LogP contribution in [0.25, 0.3) is 0 Å². The van der Waals surface area contributed by atoms with Crippen LogP contribution in [0.15, 0.2) is 30.3 Å². The summed E-state index contributed by atoms with van der Waals surface area (Å²) in [6, 6.07) is 10.5. The molecule has 1 saturated heterocycles. The number of piperidine rings is 1. The van der Waals surface area contributed by atoms with Crippen molar-refractivity contribution in [2.45, 2.75) is 25.8 Å². The number of nitrogens with zero attached hydrogens (tertiary/aromatic N) is 2. The summed E-state index contributed by atoms with van der Waals surface area (Å²) in [7, 11) is 4.27. The van der Waals surface area contributed by atoms with E-state index in [0.717, 1.165) is 45.4 Å². The van der Waals surface area contributed by atoms with E-state index in [-0.39, 0.29) is 5.41 Å². The molecule has 3 heteroatoms. The Hall–Kier alpha value is -1.19. The van der Waals surface area contributed by atoms with Crippen LogP contribution in [0, 0.1) is 5.41 Å². The van der Waals surface area contributed by atoms with Gasteiger partial charge in [-0.15, -0.1) is 0 Å². The predicted molar refractivity (Wildman–Crippen MR) is 82.6 cm³/mol. The van der Waals surface area contributed by atoms with Gasteiger partial charge < -0.3 is 14.6 Å². The zero-order valence-electron chi connectivity index (χ0n) is 12.7. The molecule has 2 rings (SSSR count). The number of carbonyl (C=O) groups excluding carboxylic acids is 1. The zero-order chi connectivity index (χ0) is 14.4. The monoisotopic (exact) mass is 274 g/mol. The van der Waals surface area contributed by atoms with Gasteiger partial charge in [0.15, 0.2) is 0 Å². The summed E-state index contributed by atoms with van der Waals surface area (Å²) in [4.78, 5) is 16.2. The van der Waals surface area contributed by atoms with Crippen LogP contribution in [0.3, 0.4) is 0 Å². The molecule has 0 aliphatic carbocycles. The first-order valence-corrected chi connectivity index (χ1v) is 7.51. The summed E-state index contributed by atoms with van der Waals surface area (Å²) in [5.74, 6) is 0. The van der Waals surface area contributed by atoms with Gasteiger partial charge in [0.25, 0.3) is 0 Å². The van der Waals surface area contributed by atoms with Crippen molar-refractivity contribution >= 4 is 6.29 Å². The van der Waals surface area contributed by atoms with E-state index >= 15 is 0 Å². The van der Waals surface area contributed by atoms with Crippen LogP contribution in [0.5, 0.6) is 0 Å². The van der Waals surface area contributed by atoms with Crippen LogP contribution < -0.4 is 0 Å². The summed E-state index contributed by atoms with van der Waals surface area (Å²) in [5.41, 5.74) is 1.25. The van der Waals surface area contributed by atoms with Crippen LogP contribution in [0.1, 0.15) is 24.8 Å². The smallest absolute Gasteiger partial charge is 0.126 e. The molecule has 0 unspecified atom stereocenters. The Balaban J connectivity index is 1.82. The molecular weight excluding hydrogens is 248 g/mol. The van der Waals surface area contributed by atoms with Crippen molar-refractivity contribution in [3.8, 4) is 0 Å². The number of benzene rings is 1. The van der Waals surface area contributed by atoms with Gasteiger partial charge in [0.05, 0.1) is 0 Å². The molecule has 1 aromatic carbocycles. The lowest BCUT2D eigenvalue weighted by Crippen LogP contribution is -2.40. The van der Waals surface area contributed by atoms with E-state index in [1.54, 1.807) is 0 Å². The van der Waals surface area contributed by atoms with Crippen LogP contribution >= 0.6 is 0 Å². The molecule has 1 heterocycles. The minimum absolute atomic E-state index is 0.0859. The van der Waals surface area contributed by atoms with Gasteiger partial charge in [0.1, 0.15) is 6.29 Å². The number of aldehydes is 1. The fourth-order valence-electron chi connectivity index (χ4n) is 2.88. The van der Waals surface area contributed by atoms with E-state index < -0.39 is 0 Å². The maximum absolute atomic E-state index is 11.5. The van der Waals surface area contributed by atoms with Crippen molar-refractivity contribution in [2.24, 2.45) is 5.41 Å². The van der Waals surface area contributed by atoms with Crippen molar-refractivity contribution in [1.29, 1.82) is 0 Å². The Morgan fingerprint density at radius 1 is 1.25 bits per heavy atom. The molecule has 0 bridgehead atoms. The quantitative estimate of drug-likeness (QED) is 0.744. The second-order valence-corrected chi connectivity index (χ2v) is 6.26. The lowest BCUT2D eigenvalue weighted by molar-refractivity contribution is -0.119. The highest BCUT2D eigenvalue weighted by molar-refractivity contribution is 5.59. The molecule has 1 fully saturated rings. The summed E-state index contributed by atoms with van der Waals surface area (Å²) in [6.45, 7) is 4.02. The SMILES string of the molecule is CN1CCC(C=O)(CCN(C)Cc2ccccc2)CC1. The first kappa shape index (κ1) is 15.2. The average Bonchev–Trinajstić information content (AvgIpc) is 2.48. The van der Waals surface area contributed by atoms with Crippen LogP contribution in [-0.2, 0) is 11.3 Å². The van der Waals surface area contributed by atoms with Gasteiger partial charge in [-0.1, -0.05) is 30.3 Å². The molecule has 0 radical (unpaired) electrons. The van der Waals surface area contributed by atoms with Crippen molar-refractivity contribution in [2.75, 3.05) is 33.7 Å². The highest BCUT2D eigenvalue weighted by atomic mass is 16.1. The zero-order valence-corrected chi connectivity index (χ0v) is 12.7. The molecule has 1 aliphatic heterocycles. The second kappa shape index (κ2) is 7.00. The van der Waals surface area contributed by atoms with Crippen molar-refractivity contribution in [3.63, 3.8) is 0 Å². The summed E-state index contributed by atoms with van der Waals surface area (Å²) in [6.07, 6.45) is 4.21. The highest BCUT2D eigenvalue weighted by Crippen LogP contribution is 2.32. The standard InChI is InChI=1S/C17H26N2O/c1-18-11-8-17(15-20,9-12-18)10-13-19(2)14-16-6-4-3-5-7-16/h3-7,15H,8-14H2,1-2H3. The molecular formula is C17H26N2O. The van der Waals surface area contributed by atoms with Gasteiger partial charge in [-0.2, -0.15) is 0 Å². The van der Waals surface area contributed by atoms with Crippen LogP contribution in [0.2, 0.25) is 0 Å². The van der Waals surface area contributed by atoms with E-state index in [2.05, 4.69) is 48.2 Å². The largest absolute Gasteiger partial charge is 0.306 e. The molecule has 1 aliphatic rings. The van der Waals surface area contributed by atoms with Crippen molar-refractivity contribution in [3.05, 3.63) is 35.9 Å². The lowest BCUT2D eigenvalue weighted by atomic mass is 9.77. The predicted octanol–water partition coefficient (Wildman–Crippen LogP) is 2.42. The van der Waals surface area contributed by atoms with E-state index in [0.29, 0.717) is 0 Å². The summed E-state index contributed by atoms with van der Waals surface area (Å²) < 4.78 is 0. The van der Waals surface area contributed by atoms with E-state index in [4.69, 9.17) is 0 Å². The minimum Gasteiger partial charge on any atom is -0.306 e. The Bertz CT molecular complexity index is 410. The number of carbonyl (C=O) groups is 1. The molecule has 20 heavy (non-hydrogen) atoms. The molecule has 0 spiro atoms. The number of likely N-dealkylation sites (tertiary alicyclic amines) is 1. The number of hydrogen-bond acceptors (Lipinski definition) is 3. The summed E-state index contributed by atoms with van der Waals surface area (Å²) in [5, 5.41) is 0. The topological polar surface area (TPSA) is 23.6 Å². The Morgan fingerprint density at radius 3 is 2.50 bits per heavy atom. The minimum atomic E-state index is -0.0859. The van der Waals surface area contributed by atoms with Crippen molar-refractivity contribution < 1.29 is 4.79 Å². The molecule has 0 atom stereocenters. The van der Waals surface area contributed by atoms with Crippen molar-refractivity contribution in [1.82, 2.24) is 9.80 Å². The first-order chi connectivity index (χ1) is 9.63. The Kier molecular flexibility index (Phi) is 5.32. The van der Waals surface area contributed by atoms with Gasteiger partial charge in [0.2, 0.25) is 0 Å². The first-order valence-electron chi connectivity index (χ1n) is 7.51. The van der Waals surface area contributed by atoms with Gasteiger partial charge in [0, 0.05) is 12.0 Å². The normalized spacial score (nSPS) is 19.1. The Labute approximate surface area is 122 Å². The van der Waals surface area contributed by atoms with Crippen LogP contribution in [0.4, 0.5) is 0 Å². The van der Waals surface area contributed by atoms with Gasteiger partial charge >= 0.3 is 0 Å². The summed E-state index contributed by atoms with van der Waals surface area (Å²) >= 11 is 0. The second-order valence-electron chi connectivity index (χ2n) is 6.26. The third-order valence-corrected chi connectivity index (χ3v) is 4.52. The fraction of sp³-hybridized carbons (Fsp3) is 0.588. The molecule has 110 valence electrons. The van der Waals surface area contributed by atoms with Gasteiger partial charge in [-0.05, 0) is 58.6 Å². The molecule has 0 amide bonds. The highest BCUT2D eigenvalue weighted by Gasteiger charge is 2.33. The molecule has 0 saturated carbocycles. The molecule has 1 aromatic rings. The van der Waals surface area contributed by atoms with E-state index in [1.807, 2.05) is 6.07 Å². The average molecular weight is 274 g/mol. The maximum atomic E-state index is 11.5. The van der Waals surface area contributed by atoms with Crippen LogP contribution in [-0.4, -0.2) is 49.8 Å². The van der Waals surface area contributed by atoms with Gasteiger partial charge in [-0.25, -0.2) is 0 Å². The molecule has 0 aromatic heterocycles. The Morgan fingerprint density at radius 2 is 1.90 bits per heavy atom. The number of hydrogen-bond donors (Lipinski definition) is 0. The third-order valence-electron chi connectivity index (χ3n) is 4.52. The number of rotatable bonds is 6. The van der Waals surface area contributed by atoms with Gasteiger partial charge in [-0.3, -0.25) is 0 Å². The molecule has 0 N–H and O–H groups in total.